The number of aliphatic hydroxyl groups is 1. The van der Waals surface area contributed by atoms with E-state index in [0.717, 1.165) is 85.4 Å². The van der Waals surface area contributed by atoms with Crippen LogP contribution in [-0.2, 0) is 12.0 Å². The van der Waals surface area contributed by atoms with Crippen LogP contribution >= 0.6 is 111 Å². The number of aliphatic imine (C=N–C) groups is 2. The molecule has 7 N–H and O–H groups in total. The zero-order valence-electron chi connectivity index (χ0n) is 44.1. The van der Waals surface area contributed by atoms with Crippen LogP contribution in [0.3, 0.4) is 0 Å². The third-order valence-corrected chi connectivity index (χ3v) is 12.0. The first-order valence-corrected chi connectivity index (χ1v) is 43.6. The molecular weight excluding hydrogens is 1750 g/mol. The van der Waals surface area contributed by atoms with Crippen LogP contribution in [0.1, 0.15) is 187 Å². The summed E-state index contributed by atoms with van der Waals surface area (Å²) in [4.78, 5) is 28.9. The maximum absolute atomic E-state index is 10.8. The van der Waals surface area contributed by atoms with Gasteiger partial charge in [0.25, 0.3) is 11.4 Å². The molecule has 4 atom stereocenters. The summed E-state index contributed by atoms with van der Waals surface area (Å²) in [6.45, 7) is 8.46. The van der Waals surface area contributed by atoms with Crippen LogP contribution in [0.25, 0.3) is 0 Å². The molecule has 0 saturated heterocycles. The summed E-state index contributed by atoms with van der Waals surface area (Å²) < 4.78 is 0. The van der Waals surface area contributed by atoms with Crippen LogP contribution in [-0.4, -0.2) is 26.6 Å². The van der Waals surface area contributed by atoms with Crippen LogP contribution in [0.5, 0.6) is 0 Å². The third kappa shape index (κ3) is 32.3. The summed E-state index contributed by atoms with van der Waals surface area (Å²) in [5, 5.41) is 58.1. The Labute approximate surface area is 574 Å². The second-order valence-electron chi connectivity index (χ2n) is 17.1. The van der Waals surface area contributed by atoms with Gasteiger partial charge in [-0.15, -0.1) is 36.4 Å². The summed E-state index contributed by atoms with van der Waals surface area (Å²) >= 11 is 9.54. The number of para-hydroxylation sites is 5. The van der Waals surface area contributed by atoms with Crippen molar-refractivity contribution in [2.75, 3.05) is 5.73 Å². The number of unbranched alkanes of at least 4 members (excludes halogenated alkanes) is 4. The summed E-state index contributed by atoms with van der Waals surface area (Å²) in [5.41, 5.74) is 23.3. The van der Waals surface area contributed by atoms with Gasteiger partial charge in [-0.1, -0.05) is 207 Å². The van der Waals surface area contributed by atoms with Gasteiger partial charge in [0.1, 0.15) is 17.3 Å². The molecule has 7 rings (SSSR count). The van der Waals surface area contributed by atoms with Gasteiger partial charge in [0.15, 0.2) is 0 Å². The minimum Gasteiger partial charge on any atom is -0.258 e. The zero-order valence-corrected chi connectivity index (χ0v) is 58.1. The number of halogens is 7. The van der Waals surface area contributed by atoms with Crippen molar-refractivity contribution in [3.05, 3.63) is 169 Å². The van der Waals surface area contributed by atoms with Crippen LogP contribution in [0, 0.1) is 54.2 Å². The molecule has 0 amide bonds. The van der Waals surface area contributed by atoms with Crippen molar-refractivity contribution in [3.8, 4) is 18.2 Å². The summed E-state index contributed by atoms with van der Waals surface area (Å²) in [5.74, 6) is 1.07. The predicted octanol–water partition coefficient (Wildman–Crippen LogP) is 17.9. The van der Waals surface area contributed by atoms with E-state index in [4.69, 9.17) is 33.0 Å². The van der Waals surface area contributed by atoms with Gasteiger partial charge in [-0.05, 0) is 55.0 Å². The molecule has 5 aromatic rings. The molecule has 2 aliphatic rings. The normalized spacial score (nSPS) is 13.4. The molecule has 0 aliphatic carbocycles. The molecular formula is C61H90ClI6N10O5-. The minimum atomic E-state index is -1.04. The van der Waals surface area contributed by atoms with E-state index in [1.807, 2.05) is 73.7 Å². The summed E-state index contributed by atoms with van der Waals surface area (Å²) in [6.07, 6.45) is 11.9. The van der Waals surface area contributed by atoms with E-state index in [2.05, 4.69) is 129 Å². The first-order chi connectivity index (χ1) is 36.7. The van der Waals surface area contributed by atoms with Crippen molar-refractivity contribution in [1.29, 1.82) is 15.8 Å². The van der Waals surface area contributed by atoms with Gasteiger partial charge in [0.2, 0.25) is 0 Å². The molecule has 0 spiro atoms. The number of anilines is 1. The number of nitrogens with two attached hydrogens (primary N) is 3. The Morgan fingerprint density at radius 2 is 1.07 bits per heavy atom. The van der Waals surface area contributed by atoms with Crippen LogP contribution < -0.4 is 30.5 Å². The number of rotatable bonds is 17. The fourth-order valence-electron chi connectivity index (χ4n) is 8.04. The SMILES string of the molecule is C.C.C.C.C.CCCCC(C#N)c1ccccc1N.CCCCC(C#N)c1ccccc1[N+](=O)[O-].CCCCC1(O)C(N)=Nc2ccccc21.CCCCC1C(N)=Nc2ccccc21.Cl.I.II.I[I-]I.N#CCc1ccccc1[N+](=O)[O-]. The van der Waals surface area contributed by atoms with E-state index in [-0.39, 0.29) is 103 Å². The first kappa shape index (κ1) is 93.4. The van der Waals surface area contributed by atoms with Crippen molar-refractivity contribution in [3.63, 3.8) is 0 Å². The standard InChI is InChI=1S/C12H14N2O2.C12H16N2O.2C12H16N2.C8H6N2O2.5CH4.ClH.I3.I2.HI/c1-2-3-6-10(9-13)11-7-4-5-8-12(11)14(15)16;1-2-3-8-12(15)9-6-4-5-7-10(9)14-11(12)13;1-2-3-6-10-9-7-4-5-8-11(9)14-12(10)13;1-2-3-6-10(9-13)11-7-4-5-8-12(11)14;9-6-5-7-3-1-2-4-8(7)10(11)12;;;;;;;1-3-2;1-2;/h4-5,7-8,10H,2-3,6H2,1H3;4-7,15H,2-3,8H2,1H3,(H2,13,14);4-5,7-8,10H,2-3,6H2,1H3,(H2,13,14);4-5,7-8,10H,2-3,6,14H2,1H3;1-4H,5H2;5*1H4;1H;;;1H/q;;;;;;;;;;;-1;;. The Morgan fingerprint density at radius 3 is 1.57 bits per heavy atom. The molecule has 0 radical (unpaired) electrons. The quantitative estimate of drug-likeness (QED) is 0.0294. The van der Waals surface area contributed by atoms with Crippen molar-refractivity contribution in [2.24, 2.45) is 21.5 Å². The Morgan fingerprint density at radius 1 is 0.639 bits per heavy atom. The molecule has 0 fully saturated rings. The molecule has 4 unspecified atom stereocenters. The Kier molecular flexibility index (Phi) is 62.3. The third-order valence-electron chi connectivity index (χ3n) is 12.0. The van der Waals surface area contributed by atoms with Crippen molar-refractivity contribution in [1.82, 2.24) is 0 Å². The Balaban J connectivity index is -0.000000167. The second kappa shape index (κ2) is 55.3. The minimum absolute atomic E-state index is 0. The fraction of sp³-hybridized carbons (Fsp3) is 0.426. The average Bonchev–Trinajstić information content (AvgIpc) is 3.89. The van der Waals surface area contributed by atoms with Crippen LogP contribution in [0.2, 0.25) is 0 Å². The van der Waals surface area contributed by atoms with Gasteiger partial charge in [0.05, 0.1) is 57.7 Å². The maximum atomic E-state index is 10.8. The summed E-state index contributed by atoms with van der Waals surface area (Å²) in [7, 11) is 0. The number of benzene rings is 5. The number of nitro groups is 2. The molecule has 2 heterocycles. The van der Waals surface area contributed by atoms with E-state index in [0.29, 0.717) is 49.0 Å². The smallest absolute Gasteiger partial charge is 0.258 e. The fourth-order valence-corrected chi connectivity index (χ4v) is 8.04. The van der Waals surface area contributed by atoms with Gasteiger partial charge in [-0.25, -0.2) is 9.98 Å². The predicted molar refractivity (Wildman–Crippen MR) is 396 cm³/mol. The van der Waals surface area contributed by atoms with Crippen molar-refractivity contribution < 1.29 is 28.2 Å². The van der Waals surface area contributed by atoms with Gasteiger partial charge >= 0.3 is 50.5 Å². The Bertz CT molecular complexity index is 2740. The molecule has 0 aromatic heterocycles. The largest absolute Gasteiger partial charge is 0.273 e. The summed E-state index contributed by atoms with van der Waals surface area (Å²) in [6, 6.07) is 42.5. The zero-order chi connectivity index (χ0) is 56.9. The van der Waals surface area contributed by atoms with Crippen LogP contribution in [0.4, 0.5) is 28.4 Å². The van der Waals surface area contributed by atoms with E-state index in [1.165, 1.54) is 30.5 Å². The number of nitro benzene ring substituents is 2. The number of nitrogens with zero attached hydrogens (tertiary/aromatic N) is 7. The number of nitrogen functional groups attached to an aromatic ring is 1. The Hall–Kier alpha value is -3.26. The van der Waals surface area contributed by atoms with Gasteiger partial charge in [-0.3, -0.25) is 20.2 Å². The van der Waals surface area contributed by atoms with E-state index in [1.54, 1.807) is 36.4 Å². The second-order valence-corrected chi connectivity index (χ2v) is 33.4. The van der Waals surface area contributed by atoms with Crippen molar-refractivity contribution >= 4 is 151 Å². The molecule has 83 heavy (non-hydrogen) atoms. The van der Waals surface area contributed by atoms with Gasteiger partial charge in [0, 0.05) is 77.7 Å². The maximum Gasteiger partial charge on any atom is 0.273 e. The molecule has 5 aromatic carbocycles. The number of hydrogen-bond donors (Lipinski definition) is 4. The number of fused-ring (bicyclic) bond motifs is 2. The average molecular weight is 1840 g/mol. The molecule has 22 heteroatoms. The molecule has 0 saturated carbocycles. The molecule has 2 aliphatic heterocycles. The first-order valence-electron chi connectivity index (χ1n) is 24.7. The number of nitriles is 3. The molecule has 464 valence electrons. The molecule has 0 bridgehead atoms. The van der Waals surface area contributed by atoms with E-state index in [9.17, 15) is 25.3 Å². The number of hydrogen-bond acceptors (Lipinski definition) is 13. The molecule has 15 nitrogen and oxygen atoms in total. The van der Waals surface area contributed by atoms with Crippen LogP contribution in [0.15, 0.2) is 131 Å². The van der Waals surface area contributed by atoms with Gasteiger partial charge in [-0.2, -0.15) is 15.8 Å². The van der Waals surface area contributed by atoms with Gasteiger partial charge < -0.3 is 22.3 Å². The van der Waals surface area contributed by atoms with E-state index < -0.39 is 15.4 Å². The van der Waals surface area contributed by atoms with Crippen molar-refractivity contribution in [2.45, 2.75) is 172 Å². The van der Waals surface area contributed by atoms with E-state index >= 15 is 0 Å². The topological polar surface area (TPSA) is 281 Å². The monoisotopic (exact) mass is 1840 g/mol. The number of amidine groups is 2.